The van der Waals surface area contributed by atoms with E-state index < -0.39 is 143 Å². The third kappa shape index (κ3) is 9.88. The molecule has 8 saturated heterocycles. The fourth-order valence-electron chi connectivity index (χ4n) is 9.06. The fraction of sp³-hybridized carbons (Fsp3) is 1.00. The minimum absolute atomic E-state index is 0.362. The maximum Gasteiger partial charge on any atom is 0.342 e. The molecule has 8 rings (SSSR count). The summed E-state index contributed by atoms with van der Waals surface area (Å²) in [6.07, 6.45) is -11.7. The summed E-state index contributed by atoms with van der Waals surface area (Å²) in [6.45, 7) is 12.6. The minimum Gasteiger partial charge on any atom is -0.353 e. The zero-order valence-corrected chi connectivity index (χ0v) is 38.4. The largest absolute Gasteiger partial charge is 0.353 e. The van der Waals surface area contributed by atoms with Gasteiger partial charge >= 0.3 is 15.2 Å². The smallest absolute Gasteiger partial charge is 0.342 e. The van der Waals surface area contributed by atoms with Crippen LogP contribution in [0.2, 0.25) is 0 Å². The van der Waals surface area contributed by atoms with Gasteiger partial charge in [0.15, 0.2) is 54.2 Å². The number of ether oxygens (including phenoxy) is 16. The van der Waals surface area contributed by atoms with Crippen LogP contribution in [0.15, 0.2) is 0 Å². The Balaban J connectivity index is 1.05. The summed E-state index contributed by atoms with van der Waals surface area (Å²) in [7, 11) is -3.26. The van der Waals surface area contributed by atoms with E-state index >= 15 is 9.13 Å². The van der Waals surface area contributed by atoms with E-state index in [1.807, 2.05) is 0 Å². The second-order valence-electron chi connectivity index (χ2n) is 17.9. The first-order valence-electron chi connectivity index (χ1n) is 20.5. The highest BCUT2D eigenvalue weighted by Crippen LogP contribution is 2.65. The molecule has 0 aromatic rings. The molecule has 61 heavy (non-hydrogen) atoms. The van der Waals surface area contributed by atoms with Gasteiger partial charge in [-0.05, 0) is 55.4 Å². The summed E-state index contributed by atoms with van der Waals surface area (Å²) in [4.78, 5) is 0. The van der Waals surface area contributed by atoms with Crippen LogP contribution < -0.4 is 0 Å². The van der Waals surface area contributed by atoms with Crippen LogP contribution in [0.3, 0.4) is 0 Å². The Morgan fingerprint density at radius 2 is 0.557 bits per heavy atom. The molecule has 22 nitrogen and oxygen atoms in total. The number of methoxy groups -OCH3 is 4. The third-order valence-electron chi connectivity index (χ3n) is 11.4. The topological polar surface area (TPSA) is 219 Å². The van der Waals surface area contributed by atoms with Crippen molar-refractivity contribution in [3.8, 4) is 0 Å². The van der Waals surface area contributed by atoms with Crippen LogP contribution in [0.1, 0.15) is 55.4 Å². The Morgan fingerprint density at radius 1 is 0.361 bits per heavy atom. The second-order valence-corrected chi connectivity index (χ2v) is 22.5. The van der Waals surface area contributed by atoms with Crippen molar-refractivity contribution < 1.29 is 103 Å². The molecule has 8 fully saturated rings. The van der Waals surface area contributed by atoms with Crippen molar-refractivity contribution in [2.75, 3.05) is 60.8 Å². The molecule has 8 heterocycles. The van der Waals surface area contributed by atoms with Crippen molar-refractivity contribution in [2.45, 2.75) is 177 Å². The molecule has 0 aromatic heterocycles. The monoisotopic (exact) mass is 920 g/mol. The van der Waals surface area contributed by atoms with Crippen LogP contribution in [0, 0.1) is 0 Å². The van der Waals surface area contributed by atoms with Crippen molar-refractivity contribution >= 4 is 15.2 Å². The van der Waals surface area contributed by atoms with Gasteiger partial charge in [-0.1, -0.05) is 0 Å². The van der Waals surface area contributed by atoms with Gasteiger partial charge in [-0.3, -0.25) is 9.13 Å². The fourth-order valence-corrected chi connectivity index (χ4v) is 13.7. The molecular weight excluding hydrogens is 858 g/mol. The predicted octanol–water partition coefficient (Wildman–Crippen LogP) is 2.96. The lowest BCUT2D eigenvalue weighted by Crippen LogP contribution is -2.35. The summed E-state index contributed by atoms with van der Waals surface area (Å²) in [6, 6.07) is 0. The maximum absolute atomic E-state index is 15.3. The molecule has 352 valence electrons. The number of hydrogen-bond acceptors (Lipinski definition) is 22. The molecule has 8 aliphatic rings. The van der Waals surface area contributed by atoms with Gasteiger partial charge in [0.1, 0.15) is 73.2 Å². The van der Waals surface area contributed by atoms with Gasteiger partial charge in [0.05, 0.1) is 26.4 Å². The zero-order valence-electron chi connectivity index (χ0n) is 36.6. The van der Waals surface area contributed by atoms with Crippen molar-refractivity contribution in [2.24, 2.45) is 0 Å². The van der Waals surface area contributed by atoms with Crippen molar-refractivity contribution in [1.82, 2.24) is 0 Å². The molecule has 0 aromatic carbocycles. The van der Waals surface area contributed by atoms with E-state index in [4.69, 9.17) is 93.9 Å². The molecule has 0 unspecified atom stereocenters. The van der Waals surface area contributed by atoms with E-state index in [9.17, 15) is 0 Å². The van der Waals surface area contributed by atoms with Gasteiger partial charge < -0.3 is 93.9 Å². The van der Waals surface area contributed by atoms with Gasteiger partial charge in [-0.25, -0.2) is 0 Å². The molecule has 0 bridgehead atoms. The van der Waals surface area contributed by atoms with Crippen molar-refractivity contribution in [1.29, 1.82) is 0 Å². The Bertz CT molecular complexity index is 1420. The molecule has 0 saturated carbocycles. The number of hydrogen-bond donors (Lipinski definition) is 0. The van der Waals surface area contributed by atoms with Gasteiger partial charge in [0.25, 0.3) is 0 Å². The molecule has 0 radical (unpaired) electrons. The first kappa shape index (κ1) is 47.2. The van der Waals surface area contributed by atoms with Crippen LogP contribution in [-0.2, 0) is 103 Å². The highest BCUT2D eigenvalue weighted by Gasteiger charge is 2.61. The Kier molecular flexibility index (Phi) is 13.4. The van der Waals surface area contributed by atoms with Crippen LogP contribution in [0.25, 0.3) is 0 Å². The summed E-state index contributed by atoms with van der Waals surface area (Å²) < 4.78 is 151. The summed E-state index contributed by atoms with van der Waals surface area (Å²) in [5, 5.41) is 0. The normalized spacial score (nSPS) is 44.9. The van der Waals surface area contributed by atoms with Gasteiger partial charge in [0.2, 0.25) is 0 Å². The first-order chi connectivity index (χ1) is 28.6. The highest BCUT2D eigenvalue weighted by atomic mass is 31.2. The van der Waals surface area contributed by atoms with E-state index in [0.717, 1.165) is 0 Å². The lowest BCUT2D eigenvalue weighted by Gasteiger charge is -2.29. The third-order valence-corrected chi connectivity index (χ3v) is 16.4. The van der Waals surface area contributed by atoms with E-state index in [1.165, 1.54) is 28.4 Å². The van der Waals surface area contributed by atoms with Crippen molar-refractivity contribution in [3.63, 3.8) is 0 Å². The van der Waals surface area contributed by atoms with Crippen LogP contribution in [0.5, 0.6) is 0 Å². The summed E-state index contributed by atoms with van der Waals surface area (Å²) in [5.74, 6) is -4.73. The molecule has 0 aliphatic carbocycles. The standard InChI is InChI=1S/C37H62O22P2/c1-34(2)52-22-18(48-30(40-9)26(22)56-34)13-44-60(38,45-14-19-23-27(31(41-10)49-19)57-35(3,4)53-23)17-61(39,46-15-20-24-28(32(42-11)50-20)58-36(5,6)54-24)47-16-21-25-29(33(43-12)51-21)59-37(7,8)55-25/h18-33H,13-17H2,1-12H3/t18-,19-,20-,21-,22-,23-,24-,25-,26-,27-,28-,29-,30-,31-,32-,33-/m1/s1. The van der Waals surface area contributed by atoms with Crippen LogP contribution in [-0.4, -0.2) is 182 Å². The quantitative estimate of drug-likeness (QED) is 0.181. The molecule has 0 N–H and O–H groups in total. The lowest BCUT2D eigenvalue weighted by molar-refractivity contribution is -0.230. The van der Waals surface area contributed by atoms with Gasteiger partial charge in [-0.2, -0.15) is 0 Å². The average molecular weight is 921 g/mol. The van der Waals surface area contributed by atoms with E-state index in [2.05, 4.69) is 0 Å². The summed E-state index contributed by atoms with van der Waals surface area (Å²) >= 11 is 0. The zero-order chi connectivity index (χ0) is 43.9. The molecule has 24 heteroatoms. The Hall–Kier alpha value is -0.340. The molecule has 8 aliphatic heterocycles. The molecular formula is C37H62O22P2. The Labute approximate surface area is 355 Å². The van der Waals surface area contributed by atoms with Crippen molar-refractivity contribution in [3.05, 3.63) is 0 Å². The predicted molar refractivity (Wildman–Crippen MR) is 202 cm³/mol. The minimum atomic E-state index is -4.57. The summed E-state index contributed by atoms with van der Waals surface area (Å²) in [5.41, 5.74) is 0. The lowest BCUT2D eigenvalue weighted by atomic mass is 10.1. The Morgan fingerprint density at radius 3 is 0.754 bits per heavy atom. The number of rotatable bonds is 18. The van der Waals surface area contributed by atoms with Gasteiger partial charge in [-0.15, -0.1) is 0 Å². The second kappa shape index (κ2) is 17.4. The SMILES string of the molecule is CO[C@@H]1O[C@H](COP(=O)(CP(=O)(OC[C@H]2O[C@@H](OC)[C@@H]3OC(C)(C)O[C@@H]32)OC[C@H]2O[C@@H](OC)[C@@H]3OC(C)(C)O[C@@H]32)OC[C@H]2O[C@@H](OC)[C@@H]3OC(C)(C)O[C@@H]32)[C@H]2OC(C)(C)O[C@@H]12. The van der Waals surface area contributed by atoms with E-state index in [1.54, 1.807) is 55.4 Å². The maximum atomic E-state index is 15.3. The highest BCUT2D eigenvalue weighted by molar-refractivity contribution is 7.71. The molecule has 0 amide bonds. The van der Waals surface area contributed by atoms with E-state index in [0.29, 0.717) is 0 Å². The average Bonchev–Trinajstić information content (AvgIpc) is 4.04. The van der Waals surface area contributed by atoms with Crippen LogP contribution in [0.4, 0.5) is 0 Å². The number of fused-ring (bicyclic) bond motifs is 4. The first-order valence-corrected chi connectivity index (χ1v) is 24.0. The van der Waals surface area contributed by atoms with Crippen LogP contribution >= 0.6 is 15.2 Å². The van der Waals surface area contributed by atoms with E-state index in [-0.39, 0.29) is 26.4 Å². The molecule has 0 spiro atoms. The van der Waals surface area contributed by atoms with Gasteiger partial charge in [0, 0.05) is 28.4 Å². The molecule has 16 atom stereocenters.